The van der Waals surface area contributed by atoms with E-state index in [0.29, 0.717) is 6.04 Å². The molecule has 1 aliphatic heterocycles. The highest BCUT2D eigenvalue weighted by Crippen LogP contribution is 2.23. The molecule has 1 saturated heterocycles. The molecule has 0 bridgehead atoms. The molecule has 2 rings (SSSR count). The van der Waals surface area contributed by atoms with E-state index in [1.807, 2.05) is 11.7 Å². The Hall–Kier alpha value is -0.910. The van der Waals surface area contributed by atoms with Gasteiger partial charge in [-0.15, -0.1) is 0 Å². The number of hydrogen-bond donors (Lipinski definition) is 1. The van der Waals surface area contributed by atoms with Crippen LogP contribution in [-0.2, 0) is 24.6 Å². The van der Waals surface area contributed by atoms with Crippen molar-refractivity contribution in [1.29, 1.82) is 0 Å². The fourth-order valence-corrected chi connectivity index (χ4v) is 3.21. The second-order valence-electron chi connectivity index (χ2n) is 6.40. The van der Waals surface area contributed by atoms with Crippen molar-refractivity contribution in [2.24, 2.45) is 7.05 Å². The normalized spacial score (nSPS) is 18.9. The first-order chi connectivity index (χ1) is 9.98. The summed E-state index contributed by atoms with van der Waals surface area (Å²) in [6.45, 7) is 10.5. The monoisotopic (exact) mass is 294 g/mol. The Morgan fingerprint density at radius 1 is 1.38 bits per heavy atom. The number of ether oxygens (including phenoxy) is 1. The van der Waals surface area contributed by atoms with Gasteiger partial charge in [0.2, 0.25) is 0 Å². The predicted molar refractivity (Wildman–Crippen MR) is 85.6 cm³/mol. The lowest BCUT2D eigenvalue weighted by Gasteiger charge is -2.45. The second-order valence-corrected chi connectivity index (χ2v) is 6.40. The average Bonchev–Trinajstić information content (AvgIpc) is 2.85. The third-order valence-electron chi connectivity index (χ3n) is 4.83. The minimum absolute atomic E-state index is 0.0924. The number of nitrogens with one attached hydrogen (secondary N) is 1. The first kappa shape index (κ1) is 16.5. The molecule has 5 heteroatoms. The van der Waals surface area contributed by atoms with E-state index in [4.69, 9.17) is 4.74 Å². The van der Waals surface area contributed by atoms with Gasteiger partial charge in [-0.3, -0.25) is 9.58 Å². The minimum Gasteiger partial charge on any atom is -0.379 e. The molecule has 1 fully saturated rings. The summed E-state index contributed by atoms with van der Waals surface area (Å²) >= 11 is 0. The molecule has 120 valence electrons. The van der Waals surface area contributed by atoms with Crippen LogP contribution >= 0.6 is 0 Å². The number of likely N-dealkylation sites (N-methyl/N-ethyl adjacent to an activating group) is 1. The largest absolute Gasteiger partial charge is 0.379 e. The summed E-state index contributed by atoms with van der Waals surface area (Å²) in [6.07, 6.45) is 1.98. The van der Waals surface area contributed by atoms with Crippen LogP contribution in [0.1, 0.15) is 32.2 Å². The molecular formula is C16H30N4O. The SMILES string of the molecule is CCc1cc(CC(NC)C(C)(C)N2CCOCC2)n(C)n1. The van der Waals surface area contributed by atoms with Crippen LogP contribution in [-0.4, -0.2) is 59.6 Å². The van der Waals surface area contributed by atoms with E-state index in [1.165, 1.54) is 11.4 Å². The average molecular weight is 294 g/mol. The van der Waals surface area contributed by atoms with Gasteiger partial charge >= 0.3 is 0 Å². The molecule has 1 N–H and O–H groups in total. The number of morpholine rings is 1. The summed E-state index contributed by atoms with van der Waals surface area (Å²) in [5, 5.41) is 8.09. The van der Waals surface area contributed by atoms with E-state index in [-0.39, 0.29) is 5.54 Å². The molecule has 21 heavy (non-hydrogen) atoms. The first-order valence-corrected chi connectivity index (χ1v) is 8.01. The second kappa shape index (κ2) is 6.90. The standard InChI is InChI=1S/C16H30N4O/c1-6-13-11-14(19(5)18-13)12-15(17-4)16(2,3)20-7-9-21-10-8-20/h11,15,17H,6-10,12H2,1-5H3. The van der Waals surface area contributed by atoms with Crippen LogP contribution in [0, 0.1) is 0 Å². The van der Waals surface area contributed by atoms with Gasteiger partial charge in [0, 0.05) is 43.8 Å². The van der Waals surface area contributed by atoms with Crippen LogP contribution in [0.3, 0.4) is 0 Å². The molecule has 1 atom stereocenters. The molecule has 0 aromatic carbocycles. The third kappa shape index (κ3) is 3.65. The van der Waals surface area contributed by atoms with Crippen molar-refractivity contribution in [2.45, 2.75) is 45.2 Å². The summed E-state index contributed by atoms with van der Waals surface area (Å²) in [7, 11) is 4.10. The maximum Gasteiger partial charge on any atom is 0.0624 e. The molecule has 2 heterocycles. The highest BCUT2D eigenvalue weighted by atomic mass is 16.5. The van der Waals surface area contributed by atoms with Gasteiger partial charge in [-0.05, 0) is 33.4 Å². The van der Waals surface area contributed by atoms with Crippen LogP contribution in [0.4, 0.5) is 0 Å². The molecular weight excluding hydrogens is 264 g/mol. The van der Waals surface area contributed by atoms with Gasteiger partial charge in [0.25, 0.3) is 0 Å². The van der Waals surface area contributed by atoms with E-state index >= 15 is 0 Å². The molecule has 0 radical (unpaired) electrons. The zero-order valence-electron chi connectivity index (χ0n) is 14.1. The van der Waals surface area contributed by atoms with Gasteiger partial charge in [0.15, 0.2) is 0 Å². The van der Waals surface area contributed by atoms with Crippen molar-refractivity contribution in [3.63, 3.8) is 0 Å². The highest BCUT2D eigenvalue weighted by molar-refractivity contribution is 5.13. The van der Waals surface area contributed by atoms with Gasteiger partial charge in [-0.1, -0.05) is 6.92 Å². The third-order valence-corrected chi connectivity index (χ3v) is 4.83. The number of nitrogens with zero attached hydrogens (tertiary/aromatic N) is 3. The van der Waals surface area contributed by atoms with Crippen LogP contribution in [0.2, 0.25) is 0 Å². The molecule has 0 aliphatic carbocycles. The maximum absolute atomic E-state index is 5.49. The Balaban J connectivity index is 2.11. The van der Waals surface area contributed by atoms with Crippen molar-refractivity contribution in [3.05, 3.63) is 17.5 Å². The molecule has 0 amide bonds. The Labute approximate surface area is 128 Å². The summed E-state index contributed by atoms with van der Waals surface area (Å²) in [5.41, 5.74) is 2.56. The zero-order valence-corrected chi connectivity index (χ0v) is 14.1. The first-order valence-electron chi connectivity index (χ1n) is 8.01. The fourth-order valence-electron chi connectivity index (χ4n) is 3.21. The Kier molecular flexibility index (Phi) is 5.41. The Morgan fingerprint density at radius 3 is 2.57 bits per heavy atom. The fraction of sp³-hybridized carbons (Fsp3) is 0.812. The van der Waals surface area contributed by atoms with Crippen LogP contribution in [0.15, 0.2) is 6.07 Å². The van der Waals surface area contributed by atoms with Crippen molar-refractivity contribution in [3.8, 4) is 0 Å². The molecule has 1 aromatic heterocycles. The molecule has 0 spiro atoms. The van der Waals surface area contributed by atoms with Crippen LogP contribution in [0.5, 0.6) is 0 Å². The maximum atomic E-state index is 5.49. The van der Waals surface area contributed by atoms with Gasteiger partial charge in [-0.2, -0.15) is 5.10 Å². The quantitative estimate of drug-likeness (QED) is 0.857. The van der Waals surface area contributed by atoms with E-state index in [0.717, 1.165) is 39.1 Å². The summed E-state index contributed by atoms with van der Waals surface area (Å²) in [6, 6.07) is 2.62. The Bertz CT molecular complexity index is 449. The summed E-state index contributed by atoms with van der Waals surface area (Å²) in [5.74, 6) is 0. The van der Waals surface area contributed by atoms with Crippen LogP contribution in [0.25, 0.3) is 0 Å². The van der Waals surface area contributed by atoms with Crippen molar-refractivity contribution in [2.75, 3.05) is 33.4 Å². The lowest BCUT2D eigenvalue weighted by atomic mass is 9.88. The topological polar surface area (TPSA) is 42.3 Å². The lowest BCUT2D eigenvalue weighted by Crippen LogP contribution is -2.60. The molecule has 5 nitrogen and oxygen atoms in total. The number of rotatable bonds is 6. The highest BCUT2D eigenvalue weighted by Gasteiger charge is 2.35. The van der Waals surface area contributed by atoms with E-state index < -0.39 is 0 Å². The van der Waals surface area contributed by atoms with Crippen molar-refractivity contribution in [1.82, 2.24) is 20.0 Å². The molecule has 1 aromatic rings. The van der Waals surface area contributed by atoms with Crippen molar-refractivity contribution < 1.29 is 4.74 Å². The van der Waals surface area contributed by atoms with Gasteiger partial charge < -0.3 is 10.1 Å². The number of aromatic nitrogens is 2. The summed E-state index contributed by atoms with van der Waals surface area (Å²) < 4.78 is 7.51. The Morgan fingerprint density at radius 2 is 2.05 bits per heavy atom. The zero-order chi connectivity index (χ0) is 15.5. The molecule has 1 unspecified atom stereocenters. The predicted octanol–water partition coefficient (Wildman–Crippen LogP) is 1.22. The van der Waals surface area contributed by atoms with Crippen molar-refractivity contribution >= 4 is 0 Å². The number of hydrogen-bond acceptors (Lipinski definition) is 4. The smallest absolute Gasteiger partial charge is 0.0624 e. The molecule has 0 saturated carbocycles. The number of aryl methyl sites for hydroxylation is 2. The minimum atomic E-state index is 0.0924. The van der Waals surface area contributed by atoms with Gasteiger partial charge in [-0.25, -0.2) is 0 Å². The summed E-state index contributed by atoms with van der Waals surface area (Å²) in [4.78, 5) is 2.54. The van der Waals surface area contributed by atoms with E-state index in [1.54, 1.807) is 0 Å². The van der Waals surface area contributed by atoms with Gasteiger partial charge in [0.05, 0.1) is 18.9 Å². The van der Waals surface area contributed by atoms with E-state index in [9.17, 15) is 0 Å². The van der Waals surface area contributed by atoms with Crippen LogP contribution < -0.4 is 5.32 Å². The van der Waals surface area contributed by atoms with Gasteiger partial charge in [0.1, 0.15) is 0 Å². The van der Waals surface area contributed by atoms with E-state index in [2.05, 4.69) is 49.2 Å². The lowest BCUT2D eigenvalue weighted by molar-refractivity contribution is -0.0225. The molecule has 1 aliphatic rings.